The highest BCUT2D eigenvalue weighted by Crippen LogP contribution is 2.33. The zero-order chi connectivity index (χ0) is 15.4. The standard InChI is InChI=1S/C15H14N4O2/c1-2-21-15(20)12-11(9-6-4-3-5-7-9)10(8-16)13(17)19-14(12)18/h3-7H,2H2,1H3,(H4,17,18,19). The van der Waals surface area contributed by atoms with Crippen molar-refractivity contribution in [3.8, 4) is 17.2 Å². The molecule has 0 amide bonds. The molecule has 21 heavy (non-hydrogen) atoms. The highest BCUT2D eigenvalue weighted by molar-refractivity contribution is 6.04. The van der Waals surface area contributed by atoms with Gasteiger partial charge in [0.15, 0.2) is 0 Å². The molecule has 0 unspecified atom stereocenters. The van der Waals surface area contributed by atoms with E-state index < -0.39 is 5.97 Å². The first-order valence-electron chi connectivity index (χ1n) is 6.31. The molecule has 106 valence electrons. The van der Waals surface area contributed by atoms with Gasteiger partial charge in [-0.2, -0.15) is 5.26 Å². The minimum atomic E-state index is -0.627. The molecular formula is C15H14N4O2. The van der Waals surface area contributed by atoms with E-state index in [0.717, 1.165) is 0 Å². The number of nitrogens with two attached hydrogens (primary N) is 2. The lowest BCUT2D eigenvalue weighted by Gasteiger charge is -2.14. The van der Waals surface area contributed by atoms with E-state index in [0.29, 0.717) is 11.1 Å². The number of carbonyl (C=O) groups is 1. The Labute approximate surface area is 122 Å². The second-order valence-electron chi connectivity index (χ2n) is 4.21. The smallest absolute Gasteiger partial charge is 0.342 e. The van der Waals surface area contributed by atoms with E-state index in [1.165, 1.54) is 0 Å². The van der Waals surface area contributed by atoms with Gasteiger partial charge in [-0.25, -0.2) is 9.78 Å². The average Bonchev–Trinajstić information content (AvgIpc) is 2.47. The van der Waals surface area contributed by atoms with Crippen LogP contribution < -0.4 is 11.5 Å². The summed E-state index contributed by atoms with van der Waals surface area (Å²) < 4.78 is 5.00. The van der Waals surface area contributed by atoms with Crippen molar-refractivity contribution < 1.29 is 9.53 Å². The molecule has 0 radical (unpaired) electrons. The Morgan fingerprint density at radius 2 is 1.95 bits per heavy atom. The number of hydrogen-bond acceptors (Lipinski definition) is 6. The van der Waals surface area contributed by atoms with Crippen LogP contribution in [0.15, 0.2) is 30.3 Å². The number of nitrogen functional groups attached to an aromatic ring is 2. The molecule has 2 aromatic rings. The minimum Gasteiger partial charge on any atom is -0.462 e. The molecule has 6 heteroatoms. The van der Waals surface area contributed by atoms with Crippen LogP contribution in [0.3, 0.4) is 0 Å². The second-order valence-corrected chi connectivity index (χ2v) is 4.21. The predicted molar refractivity (Wildman–Crippen MR) is 79.2 cm³/mol. The molecule has 0 aliphatic carbocycles. The van der Waals surface area contributed by atoms with Crippen LogP contribution in [0.5, 0.6) is 0 Å². The molecule has 0 bridgehead atoms. The summed E-state index contributed by atoms with van der Waals surface area (Å²) in [6.45, 7) is 1.88. The Morgan fingerprint density at radius 3 is 2.52 bits per heavy atom. The molecule has 0 atom stereocenters. The van der Waals surface area contributed by atoms with Gasteiger partial charge in [0.05, 0.1) is 6.61 Å². The second kappa shape index (κ2) is 5.92. The van der Waals surface area contributed by atoms with Gasteiger partial charge in [-0.3, -0.25) is 0 Å². The Kier molecular flexibility index (Phi) is 4.05. The van der Waals surface area contributed by atoms with Crippen molar-refractivity contribution in [3.63, 3.8) is 0 Å². The third kappa shape index (κ3) is 2.62. The summed E-state index contributed by atoms with van der Waals surface area (Å²) in [5.74, 6) is -0.691. The highest BCUT2D eigenvalue weighted by atomic mass is 16.5. The molecule has 0 aliphatic rings. The summed E-state index contributed by atoms with van der Waals surface area (Å²) in [6, 6.07) is 10.9. The molecule has 0 saturated carbocycles. The summed E-state index contributed by atoms with van der Waals surface area (Å²) in [5, 5.41) is 9.32. The lowest BCUT2D eigenvalue weighted by Crippen LogP contribution is -2.14. The number of hydrogen-bond donors (Lipinski definition) is 2. The normalized spacial score (nSPS) is 9.90. The van der Waals surface area contributed by atoms with Gasteiger partial charge in [0, 0.05) is 5.56 Å². The number of ether oxygens (including phenoxy) is 1. The number of aromatic nitrogens is 1. The van der Waals surface area contributed by atoms with Crippen molar-refractivity contribution >= 4 is 17.6 Å². The highest BCUT2D eigenvalue weighted by Gasteiger charge is 2.24. The first-order chi connectivity index (χ1) is 10.1. The van der Waals surface area contributed by atoms with E-state index >= 15 is 0 Å². The first kappa shape index (κ1) is 14.3. The Hall–Kier alpha value is -3.07. The van der Waals surface area contributed by atoms with Crippen LogP contribution in [0.4, 0.5) is 11.6 Å². The third-order valence-corrected chi connectivity index (χ3v) is 2.91. The van der Waals surface area contributed by atoms with Gasteiger partial charge < -0.3 is 16.2 Å². The molecule has 1 heterocycles. The number of rotatable bonds is 3. The fourth-order valence-electron chi connectivity index (χ4n) is 2.04. The zero-order valence-corrected chi connectivity index (χ0v) is 11.5. The number of carbonyl (C=O) groups excluding carboxylic acids is 1. The molecule has 1 aromatic carbocycles. The van der Waals surface area contributed by atoms with Crippen molar-refractivity contribution in [2.24, 2.45) is 0 Å². The molecule has 0 spiro atoms. The van der Waals surface area contributed by atoms with E-state index in [-0.39, 0.29) is 29.4 Å². The molecule has 1 aromatic heterocycles. The number of benzene rings is 1. The first-order valence-corrected chi connectivity index (χ1v) is 6.31. The largest absolute Gasteiger partial charge is 0.462 e. The van der Waals surface area contributed by atoms with Crippen LogP contribution in [0.2, 0.25) is 0 Å². The lowest BCUT2D eigenvalue weighted by molar-refractivity contribution is 0.0528. The van der Waals surface area contributed by atoms with Crippen LogP contribution in [-0.2, 0) is 4.74 Å². The summed E-state index contributed by atoms with van der Waals surface area (Å²) >= 11 is 0. The van der Waals surface area contributed by atoms with Gasteiger partial charge in [0.1, 0.15) is 28.8 Å². The molecule has 0 fully saturated rings. The van der Waals surface area contributed by atoms with Gasteiger partial charge in [0.2, 0.25) is 0 Å². The van der Waals surface area contributed by atoms with E-state index in [2.05, 4.69) is 4.98 Å². The topological polar surface area (TPSA) is 115 Å². The van der Waals surface area contributed by atoms with E-state index in [9.17, 15) is 10.1 Å². The predicted octanol–water partition coefficient (Wildman–Crippen LogP) is 1.96. The molecule has 6 nitrogen and oxygen atoms in total. The SMILES string of the molecule is CCOC(=O)c1c(N)nc(N)c(C#N)c1-c1ccccc1. The molecule has 0 aliphatic heterocycles. The minimum absolute atomic E-state index is 0.0121. The number of esters is 1. The van der Waals surface area contributed by atoms with Crippen LogP contribution in [-0.4, -0.2) is 17.6 Å². The van der Waals surface area contributed by atoms with E-state index in [1.807, 2.05) is 12.1 Å². The van der Waals surface area contributed by atoms with E-state index in [4.69, 9.17) is 16.2 Å². The fourth-order valence-corrected chi connectivity index (χ4v) is 2.04. The van der Waals surface area contributed by atoms with Gasteiger partial charge in [-0.15, -0.1) is 0 Å². The molecular weight excluding hydrogens is 268 g/mol. The quantitative estimate of drug-likeness (QED) is 0.831. The number of nitrogens with zero attached hydrogens (tertiary/aromatic N) is 2. The lowest BCUT2D eigenvalue weighted by atomic mass is 9.95. The van der Waals surface area contributed by atoms with Crippen molar-refractivity contribution in [2.75, 3.05) is 18.1 Å². The molecule has 0 saturated heterocycles. The van der Waals surface area contributed by atoms with Crippen LogP contribution in [0.25, 0.3) is 11.1 Å². The summed E-state index contributed by atoms with van der Waals surface area (Å²) in [6.07, 6.45) is 0. The molecule has 2 rings (SSSR count). The number of anilines is 2. The number of nitriles is 1. The van der Waals surface area contributed by atoms with Crippen LogP contribution in [0.1, 0.15) is 22.8 Å². The maximum absolute atomic E-state index is 12.1. The Bertz CT molecular complexity index is 721. The van der Waals surface area contributed by atoms with Gasteiger partial charge in [-0.05, 0) is 12.5 Å². The van der Waals surface area contributed by atoms with Crippen molar-refractivity contribution in [1.29, 1.82) is 5.26 Å². The van der Waals surface area contributed by atoms with Crippen molar-refractivity contribution in [3.05, 3.63) is 41.5 Å². The summed E-state index contributed by atoms with van der Waals surface area (Å²) in [4.78, 5) is 16.0. The van der Waals surface area contributed by atoms with Crippen LogP contribution >= 0.6 is 0 Å². The monoisotopic (exact) mass is 282 g/mol. The maximum atomic E-state index is 12.1. The third-order valence-electron chi connectivity index (χ3n) is 2.91. The van der Waals surface area contributed by atoms with E-state index in [1.54, 1.807) is 31.2 Å². The van der Waals surface area contributed by atoms with Gasteiger partial charge in [0.25, 0.3) is 0 Å². The average molecular weight is 282 g/mol. The molecule has 4 N–H and O–H groups in total. The number of pyridine rings is 1. The summed E-state index contributed by atoms with van der Waals surface area (Å²) in [5.41, 5.74) is 12.7. The van der Waals surface area contributed by atoms with Crippen LogP contribution in [0, 0.1) is 11.3 Å². The fraction of sp³-hybridized carbons (Fsp3) is 0.133. The Balaban J connectivity index is 2.81. The Morgan fingerprint density at radius 1 is 1.29 bits per heavy atom. The summed E-state index contributed by atoms with van der Waals surface area (Å²) in [7, 11) is 0. The maximum Gasteiger partial charge on any atom is 0.342 e. The van der Waals surface area contributed by atoms with Gasteiger partial charge in [-0.1, -0.05) is 30.3 Å². The van der Waals surface area contributed by atoms with Crippen molar-refractivity contribution in [2.45, 2.75) is 6.92 Å². The zero-order valence-electron chi connectivity index (χ0n) is 11.5. The van der Waals surface area contributed by atoms with Gasteiger partial charge >= 0.3 is 5.97 Å². The van der Waals surface area contributed by atoms with Crippen molar-refractivity contribution in [1.82, 2.24) is 4.98 Å².